The van der Waals surface area contributed by atoms with Gasteiger partial charge < -0.3 is 15.4 Å². The number of anilines is 3. The number of rotatable bonds is 7. The van der Waals surface area contributed by atoms with E-state index in [0.29, 0.717) is 5.95 Å². The lowest BCUT2D eigenvalue weighted by Crippen LogP contribution is -2.07. The van der Waals surface area contributed by atoms with E-state index in [4.69, 9.17) is 4.74 Å². The van der Waals surface area contributed by atoms with Crippen LogP contribution in [-0.2, 0) is 4.74 Å². The second-order valence-corrected chi connectivity index (χ2v) is 4.96. The maximum Gasteiger partial charge on any atom is 0.229 e. The number of ether oxygens (including phenoxy) is 1. The highest BCUT2D eigenvalue weighted by atomic mass is 16.5. The molecule has 0 unspecified atom stereocenters. The van der Waals surface area contributed by atoms with Crippen LogP contribution in [0.25, 0.3) is 0 Å². The van der Waals surface area contributed by atoms with E-state index < -0.39 is 0 Å². The molecule has 0 radical (unpaired) electrons. The molecule has 0 fully saturated rings. The lowest BCUT2D eigenvalue weighted by atomic mass is 10.1. The molecule has 5 nitrogen and oxygen atoms in total. The maximum atomic E-state index is 5.02. The first-order valence-electron chi connectivity index (χ1n) is 7.09. The Morgan fingerprint density at radius 1 is 1.14 bits per heavy atom. The van der Waals surface area contributed by atoms with Crippen molar-refractivity contribution < 1.29 is 4.74 Å². The zero-order valence-corrected chi connectivity index (χ0v) is 12.8. The molecule has 1 heterocycles. The summed E-state index contributed by atoms with van der Waals surface area (Å²) in [5, 5.41) is 6.48. The molecule has 1 aromatic heterocycles. The highest BCUT2D eigenvalue weighted by molar-refractivity contribution is 5.56. The molecule has 5 heteroatoms. The fourth-order valence-corrected chi connectivity index (χ4v) is 1.90. The van der Waals surface area contributed by atoms with E-state index in [1.54, 1.807) is 13.3 Å². The summed E-state index contributed by atoms with van der Waals surface area (Å²) in [6, 6.07) is 8.07. The van der Waals surface area contributed by atoms with Gasteiger partial charge in [-0.25, -0.2) is 4.98 Å². The topological polar surface area (TPSA) is 59.1 Å². The van der Waals surface area contributed by atoms with E-state index in [-0.39, 0.29) is 0 Å². The smallest absolute Gasteiger partial charge is 0.229 e. The number of benzene rings is 1. The van der Waals surface area contributed by atoms with Crippen molar-refractivity contribution in [1.29, 1.82) is 0 Å². The van der Waals surface area contributed by atoms with Crippen molar-refractivity contribution in [3.05, 3.63) is 41.6 Å². The van der Waals surface area contributed by atoms with Gasteiger partial charge in [0, 0.05) is 32.1 Å². The SMILES string of the molecule is COCCCNc1ccnc(Nc2ccc(C)c(C)c2)n1. The Morgan fingerprint density at radius 3 is 2.76 bits per heavy atom. The summed E-state index contributed by atoms with van der Waals surface area (Å²) in [5.41, 5.74) is 3.51. The first-order chi connectivity index (χ1) is 10.2. The molecule has 2 N–H and O–H groups in total. The summed E-state index contributed by atoms with van der Waals surface area (Å²) >= 11 is 0. The zero-order valence-electron chi connectivity index (χ0n) is 12.8. The van der Waals surface area contributed by atoms with Crippen LogP contribution < -0.4 is 10.6 Å². The van der Waals surface area contributed by atoms with Gasteiger partial charge in [0.1, 0.15) is 5.82 Å². The van der Waals surface area contributed by atoms with Gasteiger partial charge >= 0.3 is 0 Å². The van der Waals surface area contributed by atoms with Crippen molar-refractivity contribution >= 4 is 17.5 Å². The van der Waals surface area contributed by atoms with Crippen molar-refractivity contribution in [2.45, 2.75) is 20.3 Å². The number of nitrogens with zero attached hydrogens (tertiary/aromatic N) is 2. The van der Waals surface area contributed by atoms with Crippen LogP contribution in [0.4, 0.5) is 17.5 Å². The number of hydrogen-bond acceptors (Lipinski definition) is 5. The molecule has 2 rings (SSSR count). The third-order valence-corrected chi connectivity index (χ3v) is 3.25. The van der Waals surface area contributed by atoms with E-state index in [9.17, 15) is 0 Å². The van der Waals surface area contributed by atoms with Crippen LogP contribution in [0.1, 0.15) is 17.5 Å². The van der Waals surface area contributed by atoms with Gasteiger partial charge in [-0.2, -0.15) is 4.98 Å². The highest BCUT2D eigenvalue weighted by Crippen LogP contribution is 2.17. The Morgan fingerprint density at radius 2 is 2.00 bits per heavy atom. The minimum absolute atomic E-state index is 0.593. The number of aromatic nitrogens is 2. The van der Waals surface area contributed by atoms with Crippen molar-refractivity contribution in [2.24, 2.45) is 0 Å². The highest BCUT2D eigenvalue weighted by Gasteiger charge is 2.01. The third-order valence-electron chi connectivity index (χ3n) is 3.25. The largest absolute Gasteiger partial charge is 0.385 e. The Kier molecular flexibility index (Phi) is 5.51. The molecule has 21 heavy (non-hydrogen) atoms. The Bertz CT molecular complexity index is 586. The molecule has 0 aliphatic rings. The van der Waals surface area contributed by atoms with Gasteiger partial charge in [0.15, 0.2) is 0 Å². The lowest BCUT2D eigenvalue weighted by molar-refractivity contribution is 0.198. The Hall–Kier alpha value is -2.14. The molecule has 112 valence electrons. The van der Waals surface area contributed by atoms with E-state index >= 15 is 0 Å². The third kappa shape index (κ3) is 4.72. The van der Waals surface area contributed by atoms with Crippen LogP contribution in [0.15, 0.2) is 30.5 Å². The zero-order chi connectivity index (χ0) is 15.1. The van der Waals surface area contributed by atoms with E-state index in [2.05, 4.69) is 46.6 Å². The summed E-state index contributed by atoms with van der Waals surface area (Å²) < 4.78 is 5.02. The fraction of sp³-hybridized carbons (Fsp3) is 0.375. The normalized spacial score (nSPS) is 10.4. The maximum absolute atomic E-state index is 5.02. The molecule has 2 aromatic rings. The van der Waals surface area contributed by atoms with Crippen molar-refractivity contribution in [1.82, 2.24) is 9.97 Å². The average Bonchev–Trinajstić information content (AvgIpc) is 2.48. The molecule has 0 aliphatic heterocycles. The van der Waals surface area contributed by atoms with E-state index in [0.717, 1.165) is 31.1 Å². The van der Waals surface area contributed by atoms with Gasteiger partial charge in [0.2, 0.25) is 5.95 Å². The molecule has 1 aromatic carbocycles. The number of hydrogen-bond donors (Lipinski definition) is 2. The average molecular weight is 286 g/mol. The second kappa shape index (κ2) is 7.59. The lowest BCUT2D eigenvalue weighted by Gasteiger charge is -2.09. The van der Waals surface area contributed by atoms with Crippen LogP contribution in [0.5, 0.6) is 0 Å². The summed E-state index contributed by atoms with van der Waals surface area (Å²) in [6.45, 7) is 5.76. The van der Waals surface area contributed by atoms with Crippen LogP contribution >= 0.6 is 0 Å². The predicted molar refractivity (Wildman–Crippen MR) is 86.2 cm³/mol. The summed E-state index contributed by atoms with van der Waals surface area (Å²) in [5.74, 6) is 1.41. The Balaban J connectivity index is 1.98. The van der Waals surface area contributed by atoms with Gasteiger partial charge in [0.05, 0.1) is 0 Å². The Labute approximate surface area is 125 Å². The molecule has 0 saturated carbocycles. The quantitative estimate of drug-likeness (QED) is 0.765. The minimum Gasteiger partial charge on any atom is -0.385 e. The molecule has 0 spiro atoms. The van der Waals surface area contributed by atoms with Crippen LogP contribution in [0, 0.1) is 13.8 Å². The van der Waals surface area contributed by atoms with Crippen LogP contribution in [0.3, 0.4) is 0 Å². The second-order valence-electron chi connectivity index (χ2n) is 4.96. The number of aryl methyl sites for hydroxylation is 2. The first-order valence-corrected chi connectivity index (χ1v) is 7.09. The van der Waals surface area contributed by atoms with Crippen molar-refractivity contribution in [2.75, 3.05) is 30.9 Å². The summed E-state index contributed by atoms with van der Waals surface area (Å²) in [4.78, 5) is 8.69. The van der Waals surface area contributed by atoms with Gasteiger partial charge in [0.25, 0.3) is 0 Å². The fourth-order valence-electron chi connectivity index (χ4n) is 1.90. The molecular formula is C16H22N4O. The van der Waals surface area contributed by atoms with Crippen LogP contribution in [-0.4, -0.2) is 30.2 Å². The minimum atomic E-state index is 0.593. The molecule has 0 bridgehead atoms. The summed E-state index contributed by atoms with van der Waals surface area (Å²) in [6.07, 6.45) is 2.69. The monoisotopic (exact) mass is 286 g/mol. The molecular weight excluding hydrogens is 264 g/mol. The predicted octanol–water partition coefficient (Wildman–Crippen LogP) is 3.29. The number of nitrogens with one attached hydrogen (secondary N) is 2. The summed E-state index contributed by atoms with van der Waals surface area (Å²) in [7, 11) is 1.70. The standard InChI is InChI=1S/C16H22N4O/c1-12-5-6-14(11-13(12)2)19-16-18-9-7-15(20-16)17-8-4-10-21-3/h5-7,9,11H,4,8,10H2,1-3H3,(H2,17,18,19,20). The molecule has 0 aliphatic carbocycles. The first kappa shape index (κ1) is 15.3. The van der Waals surface area contributed by atoms with E-state index in [1.165, 1.54) is 11.1 Å². The molecule has 0 saturated heterocycles. The van der Waals surface area contributed by atoms with Gasteiger partial charge in [-0.15, -0.1) is 0 Å². The molecule has 0 atom stereocenters. The van der Waals surface area contributed by atoms with Gasteiger partial charge in [-0.3, -0.25) is 0 Å². The van der Waals surface area contributed by atoms with Crippen LogP contribution in [0.2, 0.25) is 0 Å². The van der Waals surface area contributed by atoms with Gasteiger partial charge in [-0.1, -0.05) is 6.07 Å². The van der Waals surface area contributed by atoms with Crippen molar-refractivity contribution in [3.63, 3.8) is 0 Å². The molecule has 0 amide bonds. The van der Waals surface area contributed by atoms with E-state index in [1.807, 2.05) is 12.1 Å². The number of methoxy groups -OCH3 is 1. The van der Waals surface area contributed by atoms with Gasteiger partial charge in [-0.05, 0) is 49.6 Å². The van der Waals surface area contributed by atoms with Crippen molar-refractivity contribution in [3.8, 4) is 0 Å².